The van der Waals surface area contributed by atoms with Gasteiger partial charge in [-0.05, 0) is 23.8 Å². The van der Waals surface area contributed by atoms with Gasteiger partial charge in [-0.15, -0.1) is 0 Å². The molecule has 1 heterocycles. The van der Waals surface area contributed by atoms with Crippen molar-refractivity contribution in [2.24, 2.45) is 0 Å². The van der Waals surface area contributed by atoms with Gasteiger partial charge in [-0.2, -0.15) is 0 Å². The van der Waals surface area contributed by atoms with E-state index in [1.807, 2.05) is 0 Å². The predicted molar refractivity (Wildman–Crippen MR) is 106 cm³/mol. The molecule has 0 aliphatic carbocycles. The van der Waals surface area contributed by atoms with Gasteiger partial charge < -0.3 is 45.2 Å². The lowest BCUT2D eigenvalue weighted by Gasteiger charge is -2.39. The molecule has 10 nitrogen and oxygen atoms in total. The van der Waals surface area contributed by atoms with Crippen LogP contribution in [0.25, 0.3) is 6.08 Å². The Balaban J connectivity index is 1.89. The first kappa shape index (κ1) is 22.5. The van der Waals surface area contributed by atoms with Crippen molar-refractivity contribution in [1.82, 2.24) is 0 Å². The molecule has 3 rings (SSSR count). The molecule has 1 aliphatic heterocycles. The molecule has 10 heteroatoms. The summed E-state index contributed by atoms with van der Waals surface area (Å²) < 4.78 is 10.7. The second kappa shape index (κ2) is 9.33. The van der Waals surface area contributed by atoms with E-state index in [0.29, 0.717) is 5.56 Å². The van der Waals surface area contributed by atoms with Gasteiger partial charge in [0.2, 0.25) is 6.29 Å². The van der Waals surface area contributed by atoms with Gasteiger partial charge >= 0.3 is 0 Å². The smallest absolute Gasteiger partial charge is 0.229 e. The Hall–Kier alpha value is -3.15. The van der Waals surface area contributed by atoms with Gasteiger partial charge in [-0.25, -0.2) is 0 Å². The minimum atomic E-state index is -1.75. The Kier molecular flexibility index (Phi) is 6.78. The van der Waals surface area contributed by atoms with E-state index in [-0.39, 0.29) is 17.1 Å². The van der Waals surface area contributed by atoms with Crippen LogP contribution < -0.4 is 4.74 Å². The lowest BCUT2D eigenvalue weighted by atomic mass is 9.99. The Bertz CT molecular complexity index is 953. The van der Waals surface area contributed by atoms with Gasteiger partial charge in [0.25, 0.3) is 0 Å². The summed E-state index contributed by atoms with van der Waals surface area (Å²) in [5.74, 6) is -2.08. The molecule has 0 radical (unpaired) electrons. The summed E-state index contributed by atoms with van der Waals surface area (Å²) in [6, 6.07) is 7.89. The zero-order chi connectivity index (χ0) is 22.7. The number of phenols is 3. The van der Waals surface area contributed by atoms with Crippen LogP contribution in [0.15, 0.2) is 42.5 Å². The van der Waals surface area contributed by atoms with Crippen molar-refractivity contribution in [3.63, 3.8) is 0 Å². The molecule has 0 aromatic heterocycles. The van der Waals surface area contributed by atoms with Gasteiger partial charge in [-0.1, -0.05) is 18.2 Å². The third kappa shape index (κ3) is 4.95. The van der Waals surface area contributed by atoms with E-state index in [4.69, 9.17) is 9.47 Å². The number of ketones is 1. The van der Waals surface area contributed by atoms with E-state index in [1.165, 1.54) is 18.2 Å². The maximum atomic E-state index is 12.7. The molecule has 166 valence electrons. The first-order valence-electron chi connectivity index (χ1n) is 9.26. The Morgan fingerprint density at radius 1 is 0.968 bits per heavy atom. The summed E-state index contributed by atoms with van der Waals surface area (Å²) in [7, 11) is 0. The van der Waals surface area contributed by atoms with Crippen molar-refractivity contribution in [1.29, 1.82) is 0 Å². The van der Waals surface area contributed by atoms with Crippen LogP contribution in [0, 0.1) is 0 Å². The fourth-order valence-corrected chi connectivity index (χ4v) is 3.06. The molecule has 2 aromatic rings. The molecule has 2 aromatic carbocycles. The van der Waals surface area contributed by atoms with Crippen LogP contribution in [-0.4, -0.2) is 78.8 Å². The van der Waals surface area contributed by atoms with E-state index in [1.54, 1.807) is 12.1 Å². The molecule has 0 spiro atoms. The number of carbonyl (C=O) groups is 1. The zero-order valence-corrected chi connectivity index (χ0v) is 16.1. The summed E-state index contributed by atoms with van der Waals surface area (Å²) in [4.78, 5) is 12.7. The van der Waals surface area contributed by atoms with Crippen LogP contribution in [0.5, 0.6) is 23.0 Å². The molecule has 1 saturated heterocycles. The van der Waals surface area contributed by atoms with Crippen LogP contribution in [0.2, 0.25) is 0 Å². The lowest BCUT2D eigenvalue weighted by molar-refractivity contribution is -0.277. The topological polar surface area (TPSA) is 177 Å². The monoisotopic (exact) mass is 434 g/mol. The van der Waals surface area contributed by atoms with Crippen molar-refractivity contribution in [3.8, 4) is 23.0 Å². The fourth-order valence-electron chi connectivity index (χ4n) is 3.06. The van der Waals surface area contributed by atoms with Crippen LogP contribution >= 0.6 is 0 Å². The Labute approximate surface area is 176 Å². The van der Waals surface area contributed by atoms with Gasteiger partial charge in [0, 0.05) is 12.1 Å². The van der Waals surface area contributed by atoms with Gasteiger partial charge in [0.05, 0.1) is 6.61 Å². The molecule has 5 atom stereocenters. The third-order valence-electron chi connectivity index (χ3n) is 4.72. The Morgan fingerprint density at radius 3 is 2.29 bits per heavy atom. The van der Waals surface area contributed by atoms with Crippen LogP contribution in [0.1, 0.15) is 15.9 Å². The van der Waals surface area contributed by atoms with Crippen LogP contribution in [0.3, 0.4) is 0 Å². The largest absolute Gasteiger partial charge is 0.508 e. The third-order valence-corrected chi connectivity index (χ3v) is 4.72. The first-order valence-corrected chi connectivity index (χ1v) is 9.26. The van der Waals surface area contributed by atoms with Crippen LogP contribution in [-0.2, 0) is 4.74 Å². The van der Waals surface area contributed by atoms with E-state index in [0.717, 1.165) is 18.2 Å². The highest BCUT2D eigenvalue weighted by Crippen LogP contribution is 2.36. The van der Waals surface area contributed by atoms with E-state index >= 15 is 0 Å². The number of aromatic hydroxyl groups is 3. The zero-order valence-electron chi connectivity index (χ0n) is 16.1. The minimum Gasteiger partial charge on any atom is -0.508 e. The number of hydrogen-bond donors (Lipinski definition) is 7. The van der Waals surface area contributed by atoms with E-state index in [2.05, 4.69) is 0 Å². The molecule has 1 aliphatic rings. The molecular weight excluding hydrogens is 412 g/mol. The van der Waals surface area contributed by atoms with Crippen LogP contribution in [0.4, 0.5) is 0 Å². The maximum Gasteiger partial charge on any atom is 0.229 e. The molecule has 7 N–H and O–H groups in total. The van der Waals surface area contributed by atoms with E-state index < -0.39 is 54.6 Å². The summed E-state index contributed by atoms with van der Waals surface area (Å²) in [5, 5.41) is 68.5. The molecule has 0 unspecified atom stereocenters. The molecular formula is C21H22O10. The highest BCUT2D eigenvalue weighted by Gasteiger charge is 2.45. The van der Waals surface area contributed by atoms with Crippen molar-refractivity contribution < 1.29 is 50.0 Å². The number of benzene rings is 2. The summed E-state index contributed by atoms with van der Waals surface area (Å²) in [5.41, 5.74) is 0.227. The quantitative estimate of drug-likeness (QED) is 0.239. The van der Waals surface area contributed by atoms with Gasteiger partial charge in [0.15, 0.2) is 5.78 Å². The number of allylic oxidation sites excluding steroid dienone is 1. The summed E-state index contributed by atoms with van der Waals surface area (Å²) in [6.07, 6.45) is -5.39. The van der Waals surface area contributed by atoms with Crippen molar-refractivity contribution >= 4 is 11.9 Å². The average molecular weight is 434 g/mol. The minimum absolute atomic E-state index is 0.0508. The molecule has 0 amide bonds. The maximum absolute atomic E-state index is 12.7. The second-order valence-corrected chi connectivity index (χ2v) is 6.94. The highest BCUT2D eigenvalue weighted by atomic mass is 16.7. The predicted octanol–water partition coefficient (Wildman–Crippen LogP) is -0.122. The SMILES string of the molecule is O=C(/C=C\c1ccc(O)cc1)c1c(O)cc(O)cc1O[C@@H]1O[C@H](CO)[C@H](O)[C@H](O)[C@H]1O. The number of ether oxygens (including phenoxy) is 2. The first-order chi connectivity index (χ1) is 14.7. The van der Waals surface area contributed by atoms with Crippen molar-refractivity contribution in [2.75, 3.05) is 6.61 Å². The molecule has 1 fully saturated rings. The number of carbonyl (C=O) groups excluding carboxylic acids is 1. The molecule has 0 bridgehead atoms. The lowest BCUT2D eigenvalue weighted by Crippen LogP contribution is -2.60. The Morgan fingerprint density at radius 2 is 1.65 bits per heavy atom. The van der Waals surface area contributed by atoms with Gasteiger partial charge in [0.1, 0.15) is 53.0 Å². The summed E-state index contributed by atoms with van der Waals surface area (Å²) in [6.45, 7) is -0.683. The number of rotatable bonds is 6. The normalized spacial score (nSPS) is 26.1. The number of aliphatic hydroxyl groups excluding tert-OH is 4. The van der Waals surface area contributed by atoms with E-state index in [9.17, 15) is 40.5 Å². The van der Waals surface area contributed by atoms with Crippen molar-refractivity contribution in [2.45, 2.75) is 30.7 Å². The number of phenolic OH excluding ortho intramolecular Hbond substituents is 3. The number of hydrogen-bond acceptors (Lipinski definition) is 10. The highest BCUT2D eigenvalue weighted by molar-refractivity contribution is 6.10. The second-order valence-electron chi connectivity index (χ2n) is 6.94. The number of aliphatic hydroxyl groups is 4. The van der Waals surface area contributed by atoms with Crippen molar-refractivity contribution in [3.05, 3.63) is 53.6 Å². The molecule has 0 saturated carbocycles. The standard InChI is InChI=1S/C21H22O10/c22-9-16-18(27)19(28)20(29)21(31-16)30-15-8-12(24)7-14(26)17(15)13(25)6-3-10-1-4-11(23)5-2-10/h1-8,16,18-24,26-29H,9H2/b6-3-/t16-,18+,19+,20-,21-/m1/s1. The fraction of sp³-hybridized carbons (Fsp3) is 0.286. The summed E-state index contributed by atoms with van der Waals surface area (Å²) >= 11 is 0. The van der Waals surface area contributed by atoms with Gasteiger partial charge in [-0.3, -0.25) is 4.79 Å². The average Bonchev–Trinajstić information content (AvgIpc) is 2.73. The molecule has 31 heavy (non-hydrogen) atoms.